The summed E-state index contributed by atoms with van der Waals surface area (Å²) in [5.74, 6) is 0.254. The fourth-order valence-corrected chi connectivity index (χ4v) is 2.63. The number of nitrogens with two attached hydrogens (primary N) is 1. The van der Waals surface area contributed by atoms with Crippen LogP contribution < -0.4 is 5.73 Å². The first-order valence-corrected chi connectivity index (χ1v) is 7.02. The van der Waals surface area contributed by atoms with Crippen LogP contribution in [0.2, 0.25) is 5.02 Å². The number of aryl methyl sites for hydroxylation is 2. The SMILES string of the molecule is CCc1nn(C)cc1-c1noc(N)c1-c1ccccc1Cl. The van der Waals surface area contributed by atoms with Gasteiger partial charge in [-0.15, -0.1) is 0 Å². The van der Waals surface area contributed by atoms with Gasteiger partial charge in [0.25, 0.3) is 0 Å². The highest BCUT2D eigenvalue weighted by atomic mass is 35.5. The number of hydrogen-bond donors (Lipinski definition) is 1. The Labute approximate surface area is 127 Å². The van der Waals surface area contributed by atoms with E-state index in [2.05, 4.69) is 10.3 Å². The highest BCUT2D eigenvalue weighted by molar-refractivity contribution is 6.33. The molecule has 108 valence electrons. The average molecular weight is 303 g/mol. The molecule has 3 rings (SSSR count). The molecular formula is C15H15ClN4O. The normalized spacial score (nSPS) is 11.0. The Bertz CT molecular complexity index is 791. The molecule has 1 aromatic carbocycles. The Morgan fingerprint density at radius 2 is 2.05 bits per heavy atom. The smallest absolute Gasteiger partial charge is 0.230 e. The van der Waals surface area contributed by atoms with Crippen LogP contribution >= 0.6 is 11.6 Å². The van der Waals surface area contributed by atoms with Gasteiger partial charge in [0, 0.05) is 29.4 Å². The molecule has 0 spiro atoms. The van der Waals surface area contributed by atoms with E-state index in [0.717, 1.165) is 23.2 Å². The molecule has 2 N–H and O–H groups in total. The van der Waals surface area contributed by atoms with E-state index in [-0.39, 0.29) is 5.88 Å². The van der Waals surface area contributed by atoms with Crippen molar-refractivity contribution in [2.24, 2.45) is 7.05 Å². The van der Waals surface area contributed by atoms with Crippen molar-refractivity contribution in [1.29, 1.82) is 0 Å². The van der Waals surface area contributed by atoms with E-state index >= 15 is 0 Å². The summed E-state index contributed by atoms with van der Waals surface area (Å²) in [5.41, 5.74) is 10.0. The molecule has 0 unspecified atom stereocenters. The Hall–Kier alpha value is -2.27. The molecule has 2 heterocycles. The molecular weight excluding hydrogens is 288 g/mol. The van der Waals surface area contributed by atoms with Gasteiger partial charge in [-0.2, -0.15) is 5.10 Å². The second-order valence-electron chi connectivity index (χ2n) is 4.77. The minimum absolute atomic E-state index is 0.254. The van der Waals surface area contributed by atoms with Crippen LogP contribution in [0.3, 0.4) is 0 Å². The van der Waals surface area contributed by atoms with Crippen molar-refractivity contribution in [1.82, 2.24) is 14.9 Å². The summed E-state index contributed by atoms with van der Waals surface area (Å²) in [4.78, 5) is 0. The topological polar surface area (TPSA) is 69.9 Å². The summed E-state index contributed by atoms with van der Waals surface area (Å²) in [7, 11) is 1.88. The molecule has 0 fully saturated rings. The lowest BCUT2D eigenvalue weighted by atomic mass is 10.0. The first-order valence-electron chi connectivity index (χ1n) is 6.64. The van der Waals surface area contributed by atoms with Crippen LogP contribution in [-0.2, 0) is 13.5 Å². The Morgan fingerprint density at radius 3 is 2.76 bits per heavy atom. The van der Waals surface area contributed by atoms with Gasteiger partial charge in [-0.05, 0) is 12.5 Å². The highest BCUT2D eigenvalue weighted by Crippen LogP contribution is 2.40. The van der Waals surface area contributed by atoms with Gasteiger partial charge in [0.2, 0.25) is 5.88 Å². The molecule has 3 aromatic rings. The fraction of sp³-hybridized carbons (Fsp3) is 0.200. The highest BCUT2D eigenvalue weighted by Gasteiger charge is 2.22. The van der Waals surface area contributed by atoms with Crippen molar-refractivity contribution >= 4 is 17.5 Å². The molecule has 0 radical (unpaired) electrons. The van der Waals surface area contributed by atoms with Crippen molar-refractivity contribution in [2.45, 2.75) is 13.3 Å². The molecule has 0 atom stereocenters. The number of aromatic nitrogens is 3. The number of nitrogen functional groups attached to an aromatic ring is 1. The van der Waals surface area contributed by atoms with E-state index in [4.69, 9.17) is 21.9 Å². The van der Waals surface area contributed by atoms with Gasteiger partial charge in [-0.1, -0.05) is 41.9 Å². The molecule has 0 saturated heterocycles. The predicted octanol–water partition coefficient (Wildman–Crippen LogP) is 3.54. The van der Waals surface area contributed by atoms with Crippen LogP contribution in [0.15, 0.2) is 35.0 Å². The Morgan fingerprint density at radius 1 is 1.29 bits per heavy atom. The van der Waals surface area contributed by atoms with Crippen molar-refractivity contribution in [2.75, 3.05) is 5.73 Å². The van der Waals surface area contributed by atoms with Crippen LogP contribution in [0.1, 0.15) is 12.6 Å². The van der Waals surface area contributed by atoms with Crippen molar-refractivity contribution < 1.29 is 4.52 Å². The van der Waals surface area contributed by atoms with Crippen LogP contribution in [0.5, 0.6) is 0 Å². The van der Waals surface area contributed by atoms with E-state index < -0.39 is 0 Å². The zero-order valence-corrected chi connectivity index (χ0v) is 12.6. The summed E-state index contributed by atoms with van der Waals surface area (Å²) in [6.07, 6.45) is 2.71. The molecule has 0 amide bonds. The van der Waals surface area contributed by atoms with Gasteiger partial charge in [0.05, 0.1) is 11.3 Å². The van der Waals surface area contributed by atoms with Gasteiger partial charge in [-0.25, -0.2) is 0 Å². The van der Waals surface area contributed by atoms with Crippen LogP contribution in [0.4, 0.5) is 5.88 Å². The van der Waals surface area contributed by atoms with Crippen molar-refractivity contribution in [3.05, 3.63) is 41.2 Å². The number of hydrogen-bond acceptors (Lipinski definition) is 4. The number of nitrogens with zero attached hydrogens (tertiary/aromatic N) is 3. The summed E-state index contributed by atoms with van der Waals surface area (Å²) in [6.45, 7) is 2.05. The lowest BCUT2D eigenvalue weighted by molar-refractivity contribution is 0.439. The number of halogens is 1. The van der Waals surface area contributed by atoms with Gasteiger partial charge >= 0.3 is 0 Å². The predicted molar refractivity (Wildman–Crippen MR) is 82.9 cm³/mol. The van der Waals surface area contributed by atoms with Crippen molar-refractivity contribution in [3.63, 3.8) is 0 Å². The van der Waals surface area contributed by atoms with Gasteiger partial charge in [0.1, 0.15) is 5.69 Å². The third kappa shape index (κ3) is 2.29. The van der Waals surface area contributed by atoms with Crippen LogP contribution in [-0.4, -0.2) is 14.9 Å². The molecule has 2 aromatic heterocycles. The maximum Gasteiger partial charge on any atom is 0.230 e. The second kappa shape index (κ2) is 5.26. The zero-order chi connectivity index (χ0) is 15.0. The van der Waals surface area contributed by atoms with Gasteiger partial charge in [-0.3, -0.25) is 4.68 Å². The fourth-order valence-electron chi connectivity index (χ4n) is 2.40. The number of benzene rings is 1. The van der Waals surface area contributed by atoms with E-state index in [0.29, 0.717) is 16.3 Å². The first kappa shape index (κ1) is 13.7. The zero-order valence-electron chi connectivity index (χ0n) is 11.8. The molecule has 6 heteroatoms. The molecule has 0 bridgehead atoms. The third-order valence-electron chi connectivity index (χ3n) is 3.36. The molecule has 5 nitrogen and oxygen atoms in total. The maximum absolute atomic E-state index is 6.28. The first-order chi connectivity index (χ1) is 10.1. The minimum atomic E-state index is 0.254. The minimum Gasteiger partial charge on any atom is -0.367 e. The molecule has 21 heavy (non-hydrogen) atoms. The van der Waals surface area contributed by atoms with Crippen molar-refractivity contribution in [3.8, 4) is 22.4 Å². The third-order valence-corrected chi connectivity index (χ3v) is 3.69. The lowest BCUT2D eigenvalue weighted by Crippen LogP contribution is -1.91. The molecule has 0 aliphatic carbocycles. The molecule has 0 saturated carbocycles. The van der Waals surface area contributed by atoms with Gasteiger partial charge in [0.15, 0.2) is 0 Å². The standard InChI is InChI=1S/C15H15ClN4O/c1-3-12-10(8-20(2)18-12)14-13(15(17)21-19-14)9-6-4-5-7-11(9)16/h4-8H,3,17H2,1-2H3. The lowest BCUT2D eigenvalue weighted by Gasteiger charge is -2.04. The summed E-state index contributed by atoms with van der Waals surface area (Å²) >= 11 is 6.28. The van der Waals surface area contributed by atoms with E-state index in [1.54, 1.807) is 4.68 Å². The maximum atomic E-state index is 6.28. The Balaban J connectivity index is 2.25. The van der Waals surface area contributed by atoms with Gasteiger partial charge < -0.3 is 10.3 Å². The summed E-state index contributed by atoms with van der Waals surface area (Å²) in [6, 6.07) is 7.49. The van der Waals surface area contributed by atoms with E-state index in [1.165, 1.54) is 0 Å². The Kier molecular flexibility index (Phi) is 3.43. The second-order valence-corrected chi connectivity index (χ2v) is 5.17. The largest absolute Gasteiger partial charge is 0.367 e. The van der Waals surface area contributed by atoms with E-state index in [9.17, 15) is 0 Å². The van der Waals surface area contributed by atoms with Crippen LogP contribution in [0, 0.1) is 0 Å². The molecule has 0 aliphatic rings. The number of rotatable bonds is 3. The summed E-state index contributed by atoms with van der Waals surface area (Å²) in [5, 5.41) is 9.15. The summed E-state index contributed by atoms with van der Waals surface area (Å²) < 4.78 is 6.96. The average Bonchev–Trinajstić information content (AvgIpc) is 3.02. The van der Waals surface area contributed by atoms with E-state index in [1.807, 2.05) is 44.4 Å². The molecule has 0 aliphatic heterocycles. The van der Waals surface area contributed by atoms with Crippen LogP contribution in [0.25, 0.3) is 22.4 Å². The monoisotopic (exact) mass is 302 g/mol. The number of anilines is 1. The quantitative estimate of drug-likeness (QED) is 0.803.